The maximum Gasteiger partial charge on any atom is 0.241 e. The van der Waals surface area contributed by atoms with Crippen LogP contribution in [0.1, 0.15) is 19.0 Å². The number of carbonyl (C=O) groups is 1. The van der Waals surface area contributed by atoms with E-state index in [1.807, 2.05) is 27.0 Å². The van der Waals surface area contributed by atoms with E-state index in [1.165, 1.54) is 0 Å². The van der Waals surface area contributed by atoms with Crippen molar-refractivity contribution in [2.24, 2.45) is 12.8 Å². The molecule has 1 amide bonds. The number of aryl methyl sites for hydroxylation is 2. The maximum atomic E-state index is 11.7. The lowest BCUT2D eigenvalue weighted by molar-refractivity contribution is -0.117. The number of pyridine rings is 1. The van der Waals surface area contributed by atoms with Crippen LogP contribution in [0, 0.1) is 6.92 Å². The number of hydrogen-bond donors (Lipinski definition) is 2. The number of carbonyl (C=O) groups excluding carboxylic acids is 1. The van der Waals surface area contributed by atoms with E-state index in [2.05, 4.69) is 15.4 Å². The summed E-state index contributed by atoms with van der Waals surface area (Å²) in [6.07, 6.45) is 2.22. The van der Waals surface area contributed by atoms with E-state index < -0.39 is 6.04 Å². The van der Waals surface area contributed by atoms with E-state index in [4.69, 9.17) is 5.73 Å². The van der Waals surface area contributed by atoms with Gasteiger partial charge in [0.15, 0.2) is 5.65 Å². The van der Waals surface area contributed by atoms with Crippen molar-refractivity contribution >= 4 is 22.6 Å². The third-order valence-corrected chi connectivity index (χ3v) is 2.91. The molecule has 0 aliphatic rings. The van der Waals surface area contributed by atoms with Gasteiger partial charge in [-0.15, -0.1) is 0 Å². The third kappa shape index (κ3) is 2.19. The van der Waals surface area contributed by atoms with Gasteiger partial charge in [-0.3, -0.25) is 9.48 Å². The zero-order chi connectivity index (χ0) is 13.3. The second-order valence-electron chi connectivity index (χ2n) is 4.31. The molecule has 0 spiro atoms. The minimum Gasteiger partial charge on any atom is -0.323 e. The molecule has 6 nitrogen and oxygen atoms in total. The zero-order valence-electron chi connectivity index (χ0n) is 10.8. The molecular formula is C12H17N5O. The SMILES string of the molecule is CC[C@H](N)C(=O)Nc1cnc2c(c1)c(C)nn2C. The van der Waals surface area contributed by atoms with E-state index >= 15 is 0 Å². The predicted molar refractivity (Wildman–Crippen MR) is 70.1 cm³/mol. The van der Waals surface area contributed by atoms with Gasteiger partial charge in [0.05, 0.1) is 23.6 Å². The fourth-order valence-corrected chi connectivity index (χ4v) is 1.80. The van der Waals surface area contributed by atoms with Crippen LogP contribution in [-0.2, 0) is 11.8 Å². The van der Waals surface area contributed by atoms with Crippen LogP contribution >= 0.6 is 0 Å². The zero-order valence-corrected chi connectivity index (χ0v) is 10.8. The topological polar surface area (TPSA) is 85.8 Å². The summed E-state index contributed by atoms with van der Waals surface area (Å²) in [5.74, 6) is -0.194. The van der Waals surface area contributed by atoms with Gasteiger partial charge in [-0.1, -0.05) is 6.92 Å². The lowest BCUT2D eigenvalue weighted by Crippen LogP contribution is -2.34. The van der Waals surface area contributed by atoms with E-state index in [9.17, 15) is 4.79 Å². The summed E-state index contributed by atoms with van der Waals surface area (Å²) in [7, 11) is 1.84. The van der Waals surface area contributed by atoms with Crippen molar-refractivity contribution < 1.29 is 4.79 Å². The van der Waals surface area contributed by atoms with Crippen LogP contribution in [-0.4, -0.2) is 26.7 Å². The molecule has 0 bridgehead atoms. The predicted octanol–water partition coefficient (Wildman–Crippen LogP) is 0.953. The average Bonchev–Trinajstić information content (AvgIpc) is 2.63. The first-order valence-electron chi connectivity index (χ1n) is 5.88. The van der Waals surface area contributed by atoms with Gasteiger partial charge in [0.25, 0.3) is 0 Å². The number of nitrogens with two attached hydrogens (primary N) is 1. The molecule has 18 heavy (non-hydrogen) atoms. The van der Waals surface area contributed by atoms with Gasteiger partial charge in [-0.25, -0.2) is 4.98 Å². The van der Waals surface area contributed by atoms with Crippen LogP contribution in [0.15, 0.2) is 12.3 Å². The quantitative estimate of drug-likeness (QED) is 0.845. The molecule has 2 aromatic rings. The highest BCUT2D eigenvalue weighted by Gasteiger charge is 2.12. The molecular weight excluding hydrogens is 230 g/mol. The van der Waals surface area contributed by atoms with Gasteiger partial charge in [0, 0.05) is 12.4 Å². The number of nitrogens with zero attached hydrogens (tertiary/aromatic N) is 3. The molecule has 2 heterocycles. The number of nitrogens with one attached hydrogen (secondary N) is 1. The molecule has 0 aliphatic heterocycles. The van der Waals surface area contributed by atoms with Crippen LogP contribution in [0.25, 0.3) is 11.0 Å². The van der Waals surface area contributed by atoms with Crippen LogP contribution in [0.5, 0.6) is 0 Å². The van der Waals surface area contributed by atoms with Crippen molar-refractivity contribution in [1.82, 2.24) is 14.8 Å². The minimum atomic E-state index is -0.490. The molecule has 3 N–H and O–H groups in total. The molecule has 2 aromatic heterocycles. The average molecular weight is 247 g/mol. The van der Waals surface area contributed by atoms with Crippen molar-refractivity contribution in [2.45, 2.75) is 26.3 Å². The molecule has 0 saturated heterocycles. The van der Waals surface area contributed by atoms with Gasteiger partial charge in [-0.2, -0.15) is 5.10 Å². The Bertz CT molecular complexity index is 589. The highest BCUT2D eigenvalue weighted by molar-refractivity contribution is 5.96. The summed E-state index contributed by atoms with van der Waals surface area (Å²) in [6, 6.07) is 1.38. The van der Waals surface area contributed by atoms with Gasteiger partial charge in [0.1, 0.15) is 0 Å². The molecule has 0 radical (unpaired) electrons. The Kier molecular flexibility index (Phi) is 3.29. The monoisotopic (exact) mass is 247 g/mol. The van der Waals surface area contributed by atoms with Crippen LogP contribution in [0.4, 0.5) is 5.69 Å². The molecule has 1 atom stereocenters. The summed E-state index contributed by atoms with van der Waals surface area (Å²) >= 11 is 0. The Labute approximate surface area is 105 Å². The van der Waals surface area contributed by atoms with Crippen LogP contribution in [0.2, 0.25) is 0 Å². The Balaban J connectivity index is 2.30. The Morgan fingerprint density at radius 2 is 2.33 bits per heavy atom. The van der Waals surface area contributed by atoms with Crippen molar-refractivity contribution in [2.75, 3.05) is 5.32 Å². The van der Waals surface area contributed by atoms with Crippen molar-refractivity contribution in [3.05, 3.63) is 18.0 Å². The highest BCUT2D eigenvalue weighted by atomic mass is 16.2. The molecule has 2 rings (SSSR count). The van der Waals surface area contributed by atoms with Gasteiger partial charge in [0.2, 0.25) is 5.91 Å². The first-order chi connectivity index (χ1) is 8.52. The van der Waals surface area contributed by atoms with E-state index in [-0.39, 0.29) is 5.91 Å². The summed E-state index contributed by atoms with van der Waals surface area (Å²) < 4.78 is 1.72. The summed E-state index contributed by atoms with van der Waals surface area (Å²) in [6.45, 7) is 3.78. The van der Waals surface area contributed by atoms with Crippen LogP contribution < -0.4 is 11.1 Å². The smallest absolute Gasteiger partial charge is 0.241 e. The molecule has 0 unspecified atom stereocenters. The van der Waals surface area contributed by atoms with Crippen LogP contribution in [0.3, 0.4) is 0 Å². The lowest BCUT2D eigenvalue weighted by atomic mass is 10.2. The van der Waals surface area contributed by atoms with Crippen molar-refractivity contribution in [1.29, 1.82) is 0 Å². The standard InChI is InChI=1S/C12H17N5O/c1-4-10(13)12(18)15-8-5-9-7(2)16-17(3)11(9)14-6-8/h5-6,10H,4,13H2,1-3H3,(H,15,18)/t10-/m0/s1. The van der Waals surface area contributed by atoms with Gasteiger partial charge >= 0.3 is 0 Å². The number of anilines is 1. The number of aromatic nitrogens is 3. The maximum absolute atomic E-state index is 11.7. The fraction of sp³-hybridized carbons (Fsp3) is 0.417. The first kappa shape index (κ1) is 12.5. The number of amides is 1. The number of rotatable bonds is 3. The second-order valence-corrected chi connectivity index (χ2v) is 4.31. The number of fused-ring (bicyclic) bond motifs is 1. The van der Waals surface area contributed by atoms with Gasteiger partial charge < -0.3 is 11.1 Å². The Morgan fingerprint density at radius 3 is 3.00 bits per heavy atom. The molecule has 0 aromatic carbocycles. The second kappa shape index (κ2) is 4.73. The first-order valence-corrected chi connectivity index (χ1v) is 5.88. The molecule has 96 valence electrons. The summed E-state index contributed by atoms with van der Waals surface area (Å²) in [5, 5.41) is 7.97. The van der Waals surface area contributed by atoms with E-state index in [1.54, 1.807) is 10.9 Å². The molecule has 0 aliphatic carbocycles. The molecule has 6 heteroatoms. The minimum absolute atomic E-state index is 0.194. The molecule has 0 saturated carbocycles. The third-order valence-electron chi connectivity index (χ3n) is 2.91. The lowest BCUT2D eigenvalue weighted by Gasteiger charge is -2.09. The van der Waals surface area contributed by atoms with Crippen molar-refractivity contribution in [3.8, 4) is 0 Å². The highest BCUT2D eigenvalue weighted by Crippen LogP contribution is 2.19. The Morgan fingerprint density at radius 1 is 1.61 bits per heavy atom. The molecule has 0 fully saturated rings. The van der Waals surface area contributed by atoms with E-state index in [0.29, 0.717) is 12.1 Å². The van der Waals surface area contributed by atoms with Gasteiger partial charge in [-0.05, 0) is 19.4 Å². The largest absolute Gasteiger partial charge is 0.323 e. The number of hydrogen-bond acceptors (Lipinski definition) is 4. The van der Waals surface area contributed by atoms with E-state index in [0.717, 1.165) is 16.7 Å². The summed E-state index contributed by atoms with van der Waals surface area (Å²) in [5.41, 5.74) is 7.99. The Hall–Kier alpha value is -1.95. The normalized spacial score (nSPS) is 12.7. The summed E-state index contributed by atoms with van der Waals surface area (Å²) in [4.78, 5) is 16.0. The fourth-order valence-electron chi connectivity index (χ4n) is 1.80. The van der Waals surface area contributed by atoms with Crippen molar-refractivity contribution in [3.63, 3.8) is 0 Å².